The predicted octanol–water partition coefficient (Wildman–Crippen LogP) is 4.91. The number of rotatable bonds is 7. The summed E-state index contributed by atoms with van der Waals surface area (Å²) in [6, 6.07) is 16.7. The zero-order valence-electron chi connectivity index (χ0n) is 18.5. The second-order valence-corrected chi connectivity index (χ2v) is 10.9. The largest absolute Gasteiger partial charge is 0.454 e. The quantitative estimate of drug-likeness (QED) is 0.511. The van der Waals surface area contributed by atoms with E-state index in [1.54, 1.807) is 32.4 Å². The first-order valence-corrected chi connectivity index (χ1v) is 12.2. The Balaban J connectivity index is 1.29. The Morgan fingerprint density at radius 2 is 1.70 bits per heavy atom. The molecule has 2 aromatic carbocycles. The van der Waals surface area contributed by atoms with Crippen molar-refractivity contribution in [3.8, 4) is 22.6 Å². The molecule has 5 rings (SSSR count). The van der Waals surface area contributed by atoms with Gasteiger partial charge in [0.15, 0.2) is 11.5 Å². The van der Waals surface area contributed by atoms with Gasteiger partial charge in [0.05, 0.1) is 10.3 Å². The molecular weight excluding hydrogens is 440 g/mol. The van der Waals surface area contributed by atoms with E-state index in [4.69, 9.17) is 9.47 Å². The normalized spacial score (nSPS) is 16.6. The molecule has 2 heterocycles. The molecule has 2 aliphatic rings. The van der Waals surface area contributed by atoms with E-state index in [-0.39, 0.29) is 19.0 Å². The van der Waals surface area contributed by atoms with Gasteiger partial charge in [-0.3, -0.25) is 18.9 Å². The van der Waals surface area contributed by atoms with E-state index in [0.717, 1.165) is 41.0 Å². The van der Waals surface area contributed by atoms with E-state index in [0.29, 0.717) is 10.6 Å². The standard InChI is InChI=1S/C25H26N2O5S/c1-27(2)33(29,30)21-8-4-17(5-9-21)18-3-7-20(26-15-18)14-24(28)25(11-12-25)19-6-10-22-23(13-19)32-16-31-22/h3-10,13,15,29-30H,11-12,14,16H2,1-2H3. The first kappa shape index (κ1) is 21.9. The fourth-order valence-corrected chi connectivity index (χ4v) is 5.04. The number of ketones is 1. The Morgan fingerprint density at radius 3 is 2.33 bits per heavy atom. The van der Waals surface area contributed by atoms with Crippen molar-refractivity contribution in [2.45, 2.75) is 29.6 Å². The smallest absolute Gasteiger partial charge is 0.231 e. The summed E-state index contributed by atoms with van der Waals surface area (Å²) in [5.41, 5.74) is 3.08. The minimum atomic E-state index is -2.97. The summed E-state index contributed by atoms with van der Waals surface area (Å²) in [4.78, 5) is 18.2. The number of Topliss-reactive ketones (excluding diaryl/α,β-unsaturated/α-hetero) is 1. The van der Waals surface area contributed by atoms with Crippen molar-refractivity contribution >= 4 is 16.6 Å². The van der Waals surface area contributed by atoms with Crippen molar-refractivity contribution in [2.75, 3.05) is 20.9 Å². The van der Waals surface area contributed by atoms with E-state index in [9.17, 15) is 13.9 Å². The van der Waals surface area contributed by atoms with Crippen molar-refractivity contribution < 1.29 is 23.4 Å². The summed E-state index contributed by atoms with van der Waals surface area (Å²) < 4.78 is 32.8. The van der Waals surface area contributed by atoms with Crippen molar-refractivity contribution in [1.29, 1.82) is 0 Å². The summed E-state index contributed by atoms with van der Waals surface area (Å²) in [6.45, 7) is 0.219. The molecule has 1 aliphatic carbocycles. The number of hydrogen-bond acceptors (Lipinski definition) is 7. The third kappa shape index (κ3) is 4.00. The first-order valence-electron chi connectivity index (χ1n) is 10.7. The Hall–Kier alpha value is -2.91. The topological polar surface area (TPSA) is 92.1 Å². The average molecular weight is 467 g/mol. The highest BCUT2D eigenvalue weighted by molar-refractivity contribution is 8.22. The lowest BCUT2D eigenvalue weighted by Gasteiger charge is -2.38. The van der Waals surface area contributed by atoms with Gasteiger partial charge in [-0.15, -0.1) is 10.8 Å². The van der Waals surface area contributed by atoms with Crippen LogP contribution in [0.2, 0.25) is 0 Å². The Kier molecular flexibility index (Phi) is 5.41. The third-order valence-corrected chi connectivity index (χ3v) is 8.31. The molecule has 1 aromatic heterocycles. The van der Waals surface area contributed by atoms with E-state index in [2.05, 4.69) is 4.98 Å². The molecule has 0 bridgehead atoms. The Labute approximate surface area is 194 Å². The molecule has 172 valence electrons. The first-order chi connectivity index (χ1) is 15.8. The van der Waals surface area contributed by atoms with Gasteiger partial charge in [-0.1, -0.05) is 24.3 Å². The van der Waals surface area contributed by atoms with Crippen molar-refractivity contribution in [1.82, 2.24) is 9.29 Å². The maximum atomic E-state index is 13.2. The number of fused-ring (bicyclic) bond motifs is 1. The fourth-order valence-electron chi connectivity index (χ4n) is 4.12. The summed E-state index contributed by atoms with van der Waals surface area (Å²) in [5, 5.41) is 0. The molecule has 1 aliphatic heterocycles. The van der Waals surface area contributed by atoms with Crippen LogP contribution in [0, 0.1) is 0 Å². The van der Waals surface area contributed by atoms with Crippen LogP contribution >= 0.6 is 10.8 Å². The fraction of sp³-hybridized carbons (Fsp3) is 0.280. The summed E-state index contributed by atoms with van der Waals surface area (Å²) in [5.74, 6) is 1.59. The lowest BCUT2D eigenvalue weighted by Crippen LogP contribution is -2.22. The van der Waals surface area contributed by atoms with E-state index in [1.807, 2.05) is 42.5 Å². The summed E-state index contributed by atoms with van der Waals surface area (Å²) in [7, 11) is 0.296. The second kappa shape index (κ2) is 8.14. The molecule has 0 spiro atoms. The zero-order valence-corrected chi connectivity index (χ0v) is 19.3. The highest BCUT2D eigenvalue weighted by Gasteiger charge is 2.50. The van der Waals surface area contributed by atoms with Gasteiger partial charge in [-0.25, -0.2) is 4.31 Å². The number of aromatic nitrogens is 1. The maximum Gasteiger partial charge on any atom is 0.231 e. The van der Waals surface area contributed by atoms with Gasteiger partial charge in [0.2, 0.25) is 6.79 Å². The Bertz CT molecular complexity index is 1190. The zero-order chi connectivity index (χ0) is 23.2. The van der Waals surface area contributed by atoms with Gasteiger partial charge in [0.25, 0.3) is 0 Å². The van der Waals surface area contributed by atoms with Gasteiger partial charge in [0, 0.05) is 38.0 Å². The molecule has 0 saturated heterocycles. The molecule has 3 aromatic rings. The van der Waals surface area contributed by atoms with Gasteiger partial charge in [-0.2, -0.15) is 0 Å². The van der Waals surface area contributed by atoms with E-state index >= 15 is 0 Å². The van der Waals surface area contributed by atoms with Crippen LogP contribution in [0.5, 0.6) is 11.5 Å². The van der Waals surface area contributed by atoms with Crippen LogP contribution < -0.4 is 9.47 Å². The summed E-state index contributed by atoms with van der Waals surface area (Å²) >= 11 is 0. The van der Waals surface area contributed by atoms with Crippen LogP contribution in [0.4, 0.5) is 0 Å². The molecule has 7 nitrogen and oxygen atoms in total. The van der Waals surface area contributed by atoms with Gasteiger partial charge >= 0.3 is 0 Å². The van der Waals surface area contributed by atoms with Gasteiger partial charge in [-0.05, 0) is 54.3 Å². The number of pyridine rings is 1. The van der Waals surface area contributed by atoms with E-state index < -0.39 is 16.2 Å². The molecule has 0 amide bonds. The molecular formula is C25H26N2O5S. The lowest BCUT2D eigenvalue weighted by molar-refractivity contribution is -0.120. The molecule has 0 radical (unpaired) electrons. The van der Waals surface area contributed by atoms with Crippen molar-refractivity contribution in [3.63, 3.8) is 0 Å². The van der Waals surface area contributed by atoms with Gasteiger partial charge < -0.3 is 9.47 Å². The molecule has 1 fully saturated rings. The molecule has 0 unspecified atom stereocenters. The highest BCUT2D eigenvalue weighted by Crippen LogP contribution is 2.52. The lowest BCUT2D eigenvalue weighted by atomic mass is 9.88. The minimum Gasteiger partial charge on any atom is -0.454 e. The number of carbonyl (C=O) groups excluding carboxylic acids is 1. The number of carbonyl (C=O) groups is 1. The molecule has 1 saturated carbocycles. The van der Waals surface area contributed by atoms with Gasteiger partial charge in [0.1, 0.15) is 5.78 Å². The van der Waals surface area contributed by atoms with Crippen molar-refractivity contribution in [3.05, 3.63) is 72.1 Å². The second-order valence-electron chi connectivity index (χ2n) is 8.64. The van der Waals surface area contributed by atoms with Crippen LogP contribution in [0.25, 0.3) is 11.1 Å². The number of ether oxygens (including phenoxy) is 2. The number of nitrogens with zero attached hydrogens (tertiary/aromatic N) is 2. The number of hydrogen-bond donors (Lipinski definition) is 2. The maximum absolute atomic E-state index is 13.2. The monoisotopic (exact) mass is 466 g/mol. The van der Waals surface area contributed by atoms with Crippen LogP contribution in [-0.4, -0.2) is 45.1 Å². The van der Waals surface area contributed by atoms with Crippen LogP contribution in [-0.2, 0) is 16.6 Å². The third-order valence-electron chi connectivity index (χ3n) is 6.39. The molecule has 8 heteroatoms. The van der Waals surface area contributed by atoms with Crippen LogP contribution in [0.15, 0.2) is 65.7 Å². The number of benzene rings is 2. The summed E-state index contributed by atoms with van der Waals surface area (Å²) in [6.07, 6.45) is 3.70. The predicted molar refractivity (Wildman–Crippen MR) is 127 cm³/mol. The highest BCUT2D eigenvalue weighted by atomic mass is 32.3. The van der Waals surface area contributed by atoms with Crippen molar-refractivity contribution in [2.24, 2.45) is 0 Å². The average Bonchev–Trinajstić information content (AvgIpc) is 3.50. The van der Waals surface area contributed by atoms with E-state index in [1.165, 1.54) is 4.31 Å². The van der Waals surface area contributed by atoms with Crippen LogP contribution in [0.1, 0.15) is 24.1 Å². The minimum absolute atomic E-state index is 0.167. The van der Waals surface area contributed by atoms with Crippen LogP contribution in [0.3, 0.4) is 0 Å². The molecule has 0 atom stereocenters. The Morgan fingerprint density at radius 1 is 1.00 bits per heavy atom. The SMILES string of the molecule is CN(C)S(O)(O)c1ccc(-c2ccc(CC(=O)C3(c4ccc5c(c4)OCO5)CC3)nc2)cc1. The molecule has 33 heavy (non-hydrogen) atoms. The molecule has 2 N–H and O–H groups in total.